The second kappa shape index (κ2) is 11.4. The van der Waals surface area contributed by atoms with Crippen molar-refractivity contribution in [2.45, 2.75) is 26.7 Å². The highest BCUT2D eigenvalue weighted by Gasteiger charge is 2.12. The molecule has 0 unspecified atom stereocenters. The molecule has 0 aliphatic rings. The molecule has 0 radical (unpaired) electrons. The number of anilines is 1. The van der Waals surface area contributed by atoms with Crippen LogP contribution in [0.15, 0.2) is 36.4 Å². The van der Waals surface area contributed by atoms with Crippen molar-refractivity contribution in [3.63, 3.8) is 0 Å². The summed E-state index contributed by atoms with van der Waals surface area (Å²) in [4.78, 5) is 17.1. The molecule has 0 bridgehead atoms. The summed E-state index contributed by atoms with van der Waals surface area (Å²) in [5, 5.41) is 4.22. The van der Waals surface area contributed by atoms with Crippen LogP contribution in [0.25, 0.3) is 0 Å². The molecular weight excluding hydrogens is 405 g/mol. The number of nitrogens with zero attached hydrogens (tertiary/aromatic N) is 2. The summed E-state index contributed by atoms with van der Waals surface area (Å²) < 4.78 is 0. The van der Waals surface area contributed by atoms with Crippen molar-refractivity contribution in [1.82, 2.24) is 10.2 Å². The number of nitrogens with one attached hydrogen (secondary N) is 1. The van der Waals surface area contributed by atoms with Crippen LogP contribution < -0.4 is 10.2 Å². The van der Waals surface area contributed by atoms with Gasteiger partial charge in [0.1, 0.15) is 0 Å². The van der Waals surface area contributed by atoms with Gasteiger partial charge in [-0.25, -0.2) is 0 Å². The molecule has 0 saturated heterocycles. The maximum absolute atomic E-state index is 12.6. The van der Waals surface area contributed by atoms with E-state index in [1.807, 2.05) is 24.3 Å². The normalized spacial score (nSPS) is 11.0. The lowest BCUT2D eigenvalue weighted by Gasteiger charge is -2.27. The summed E-state index contributed by atoms with van der Waals surface area (Å²) in [5.41, 5.74) is 3.96. The smallest absolute Gasteiger partial charge is 0.251 e. The fourth-order valence-corrected chi connectivity index (χ4v) is 3.74. The van der Waals surface area contributed by atoms with Gasteiger partial charge in [0.2, 0.25) is 0 Å². The molecule has 0 aliphatic heterocycles. The van der Waals surface area contributed by atoms with Crippen LogP contribution in [-0.4, -0.2) is 51.1 Å². The second-order valence-corrected chi connectivity index (χ2v) is 8.38. The Morgan fingerprint density at radius 3 is 2.41 bits per heavy atom. The van der Waals surface area contributed by atoms with Gasteiger partial charge in [0, 0.05) is 47.5 Å². The van der Waals surface area contributed by atoms with Crippen LogP contribution >= 0.6 is 23.2 Å². The molecule has 2 rings (SSSR count). The molecule has 0 fully saturated rings. The highest BCUT2D eigenvalue weighted by molar-refractivity contribution is 6.35. The zero-order valence-corrected chi connectivity index (χ0v) is 19.3. The maximum atomic E-state index is 12.6. The number of aryl methyl sites for hydroxylation is 1. The first-order chi connectivity index (χ1) is 13.8. The Morgan fingerprint density at radius 2 is 1.79 bits per heavy atom. The number of hydrogen-bond acceptors (Lipinski definition) is 3. The molecule has 4 nitrogen and oxygen atoms in total. The third-order valence-corrected chi connectivity index (χ3v) is 5.39. The number of likely N-dealkylation sites (N-methyl/N-ethyl adjacent to an activating group) is 1. The topological polar surface area (TPSA) is 35.6 Å². The predicted octanol–water partition coefficient (Wildman–Crippen LogP) is 5.05. The largest absolute Gasteiger partial charge is 0.370 e. The summed E-state index contributed by atoms with van der Waals surface area (Å²) in [6.45, 7) is 7.74. The summed E-state index contributed by atoms with van der Waals surface area (Å²) in [6, 6.07) is 11.4. The van der Waals surface area contributed by atoms with Crippen LogP contribution in [0, 0.1) is 6.92 Å². The zero-order chi connectivity index (χ0) is 21.4. The van der Waals surface area contributed by atoms with Gasteiger partial charge in [-0.15, -0.1) is 0 Å². The molecular formula is C23H31Cl2N3O. The quantitative estimate of drug-likeness (QED) is 0.566. The summed E-state index contributed by atoms with van der Waals surface area (Å²) in [6.07, 6.45) is 1.75. The first-order valence-corrected chi connectivity index (χ1v) is 10.8. The van der Waals surface area contributed by atoms with Crippen LogP contribution in [0.3, 0.4) is 0 Å². The molecule has 0 aromatic heterocycles. The highest BCUT2D eigenvalue weighted by atomic mass is 35.5. The van der Waals surface area contributed by atoms with Gasteiger partial charge in [0.05, 0.1) is 0 Å². The summed E-state index contributed by atoms with van der Waals surface area (Å²) in [5.74, 6) is -0.0694. The van der Waals surface area contributed by atoms with Gasteiger partial charge in [-0.05, 0) is 75.3 Å². The number of amides is 1. The predicted molar refractivity (Wildman–Crippen MR) is 125 cm³/mol. The Hall–Kier alpha value is -1.75. The molecule has 0 aliphatic carbocycles. The van der Waals surface area contributed by atoms with Crippen molar-refractivity contribution in [1.29, 1.82) is 0 Å². The first kappa shape index (κ1) is 23.5. The van der Waals surface area contributed by atoms with Crippen molar-refractivity contribution in [2.75, 3.05) is 45.2 Å². The first-order valence-electron chi connectivity index (χ1n) is 10.0. The van der Waals surface area contributed by atoms with Gasteiger partial charge >= 0.3 is 0 Å². The van der Waals surface area contributed by atoms with E-state index < -0.39 is 0 Å². The highest BCUT2D eigenvalue weighted by Crippen LogP contribution is 2.23. The Kier molecular flexibility index (Phi) is 9.28. The van der Waals surface area contributed by atoms with Crippen LogP contribution in [0.5, 0.6) is 0 Å². The van der Waals surface area contributed by atoms with Crippen molar-refractivity contribution < 1.29 is 4.79 Å². The number of hydrogen-bond donors (Lipinski definition) is 1. The van der Waals surface area contributed by atoms with E-state index in [1.54, 1.807) is 6.07 Å². The van der Waals surface area contributed by atoms with Crippen molar-refractivity contribution in [3.05, 3.63) is 63.1 Å². The van der Waals surface area contributed by atoms with Crippen LogP contribution in [-0.2, 0) is 6.42 Å². The van der Waals surface area contributed by atoms with Gasteiger partial charge in [-0.2, -0.15) is 0 Å². The van der Waals surface area contributed by atoms with Crippen molar-refractivity contribution in [2.24, 2.45) is 0 Å². The van der Waals surface area contributed by atoms with Crippen molar-refractivity contribution >= 4 is 34.8 Å². The lowest BCUT2D eigenvalue weighted by Crippen LogP contribution is -2.33. The standard InChI is InChI=1S/C23H31Cl2N3O/c1-5-12-28(14-13-27(3)4)22-9-7-19(15-17(22)2)23(29)26-11-10-18-6-8-20(24)16-21(18)25/h6-9,15-16H,5,10-14H2,1-4H3,(H,26,29). The average Bonchev–Trinajstić information content (AvgIpc) is 2.66. The van der Waals surface area contributed by atoms with E-state index in [1.165, 1.54) is 5.69 Å². The Morgan fingerprint density at radius 1 is 1.03 bits per heavy atom. The second-order valence-electron chi connectivity index (χ2n) is 7.53. The SMILES string of the molecule is CCCN(CCN(C)C)c1ccc(C(=O)NCCc2ccc(Cl)cc2Cl)cc1C. The number of carbonyl (C=O) groups is 1. The van der Waals surface area contributed by atoms with Gasteiger partial charge in [0.15, 0.2) is 0 Å². The average molecular weight is 436 g/mol. The fourth-order valence-electron chi connectivity index (χ4n) is 3.23. The zero-order valence-electron chi connectivity index (χ0n) is 17.8. The molecule has 2 aromatic rings. The molecule has 0 saturated carbocycles. The van der Waals surface area contributed by atoms with E-state index in [4.69, 9.17) is 23.2 Å². The molecule has 158 valence electrons. The maximum Gasteiger partial charge on any atom is 0.251 e. The van der Waals surface area contributed by atoms with Crippen LogP contribution in [0.4, 0.5) is 5.69 Å². The number of rotatable bonds is 10. The van der Waals surface area contributed by atoms with Crippen LogP contribution in [0.1, 0.15) is 34.8 Å². The van der Waals surface area contributed by atoms with Gasteiger partial charge in [0.25, 0.3) is 5.91 Å². The minimum absolute atomic E-state index is 0.0694. The van der Waals surface area contributed by atoms with E-state index >= 15 is 0 Å². The molecule has 2 aromatic carbocycles. The van der Waals surface area contributed by atoms with Gasteiger partial charge in [-0.1, -0.05) is 36.2 Å². The van der Waals surface area contributed by atoms with Gasteiger partial charge in [-0.3, -0.25) is 4.79 Å². The lowest BCUT2D eigenvalue weighted by molar-refractivity contribution is 0.0954. The molecule has 0 spiro atoms. The number of halogens is 2. The molecule has 6 heteroatoms. The number of carbonyl (C=O) groups excluding carboxylic acids is 1. The van der Waals surface area contributed by atoms with Gasteiger partial charge < -0.3 is 15.1 Å². The number of benzene rings is 2. The fraction of sp³-hybridized carbons (Fsp3) is 0.435. The minimum Gasteiger partial charge on any atom is -0.370 e. The Bertz CT molecular complexity index is 824. The summed E-state index contributed by atoms with van der Waals surface area (Å²) in [7, 11) is 4.17. The minimum atomic E-state index is -0.0694. The van der Waals surface area contributed by atoms with Crippen LogP contribution in [0.2, 0.25) is 10.0 Å². The van der Waals surface area contributed by atoms with E-state index in [0.29, 0.717) is 28.6 Å². The van der Waals surface area contributed by atoms with E-state index in [2.05, 4.69) is 49.1 Å². The van der Waals surface area contributed by atoms with E-state index in [-0.39, 0.29) is 5.91 Å². The molecule has 1 amide bonds. The third-order valence-electron chi connectivity index (χ3n) is 4.81. The Labute approximate surface area is 184 Å². The van der Waals surface area contributed by atoms with E-state index in [9.17, 15) is 4.79 Å². The molecule has 0 heterocycles. The van der Waals surface area contributed by atoms with E-state index in [0.717, 1.165) is 37.2 Å². The molecule has 0 atom stereocenters. The lowest BCUT2D eigenvalue weighted by atomic mass is 10.1. The summed E-state index contributed by atoms with van der Waals surface area (Å²) >= 11 is 12.1. The van der Waals surface area contributed by atoms with Crippen molar-refractivity contribution in [3.8, 4) is 0 Å². The Balaban J connectivity index is 1.99. The monoisotopic (exact) mass is 435 g/mol. The molecule has 1 N–H and O–H groups in total. The third kappa shape index (κ3) is 7.22. The molecule has 29 heavy (non-hydrogen) atoms.